The Bertz CT molecular complexity index is 6780. The van der Waals surface area contributed by atoms with E-state index in [9.17, 15) is 62.2 Å². The maximum absolute atomic E-state index is 15.0. The molecule has 5 aromatic heterocycles. The average Bonchev–Trinajstić information content (AvgIpc) is 1.63. The summed E-state index contributed by atoms with van der Waals surface area (Å²) in [6, 6.07) is 55.5. The first-order valence-electron chi connectivity index (χ1n) is 47.5. The molecule has 6 N–H and O–H groups in total. The predicted octanol–water partition coefficient (Wildman–Crippen LogP) is 30.9. The lowest BCUT2D eigenvalue weighted by atomic mass is 9.87. The molecular formula is C110H110Br5F15N10O. The molecule has 0 aliphatic carbocycles. The molecule has 15 aromatic rings. The molecule has 5 aliphatic rings. The zero-order valence-electron chi connectivity index (χ0n) is 79.3. The summed E-state index contributed by atoms with van der Waals surface area (Å²) in [6.45, 7) is 15.4. The van der Waals surface area contributed by atoms with Crippen molar-refractivity contribution in [2.24, 2.45) is 0 Å². The fraction of sp³-hybridized carbons (Fsp3) is 0.364. The normalized spacial score (nSPS) is 20.9. The fourth-order valence-electron chi connectivity index (χ4n) is 21.2. The van der Waals surface area contributed by atoms with Crippen LogP contribution in [0.2, 0.25) is 0 Å². The number of nitrogens with zero attached hydrogens (tertiary/aromatic N) is 5. The van der Waals surface area contributed by atoms with E-state index >= 15 is 8.78 Å². The second kappa shape index (κ2) is 43.0. The Balaban J connectivity index is 0.000000127. The predicted molar refractivity (Wildman–Crippen MR) is 548 cm³/mol. The molecule has 5 aliphatic heterocycles. The van der Waals surface area contributed by atoms with Crippen molar-refractivity contribution in [2.75, 3.05) is 39.3 Å². The number of para-hydroxylation sites is 5. The summed E-state index contributed by atoms with van der Waals surface area (Å²) >= 11 is 16.1. The van der Waals surface area contributed by atoms with Gasteiger partial charge in [-0.1, -0.05) is 217 Å². The van der Waals surface area contributed by atoms with Gasteiger partial charge in [-0.15, -0.1) is 0 Å². The van der Waals surface area contributed by atoms with E-state index in [2.05, 4.69) is 124 Å². The standard InChI is InChI=1S/C22H21BrF4N2.C22H22BrF3N2O.2C22H22BrF3N2.C22H23BrF2N2/c1-3-22(26,27)11-29-12(2)8-15-14-6-4-5-7-18(14)28-20(15)21(29)19-16(24)9-13(23)10-17(19)25;1-12-7-15-14-5-3-4-6-18(14)27-20(15)21(28(12)10-22(2,26)11-29)19-16(24)8-13(23)9-17(19)25;1-3-14(24)11-28-12(2)8-16-15-6-4-5-7-19(15)27-21(16)22(28)20-17(25)9-13(23)10-18(20)26;1-3-22(25,26)12-28-13(2)10-17-15-6-4-5-7-19(15)27-20(17)21(28)16-9-8-14(23)11-18(16)24;1-3-22(24,25)13-27-14(2)12-18-17-6-4-5-7-19(17)26-20(18)21(27)15-8-10-16(23)11-9-15/h4-7,9-10,12,21,28H,3,8,11H2,1-2H3;3-6,8-9,12,21,27,29H,7,10-11H2,1-2H3;4-7,9-10,12,14,22,27H,3,8,11H2,1-2H3;4-9,11,13,21,27H,3,10,12H2,1-2H3;4-11,14,21,26H,3,12-13H2,1-2H3. The highest BCUT2D eigenvalue weighted by molar-refractivity contribution is 9.11. The summed E-state index contributed by atoms with van der Waals surface area (Å²) in [5, 5.41) is 14.7. The third-order valence-corrected chi connectivity index (χ3v) is 30.9. The third-order valence-electron chi connectivity index (χ3n) is 28.5. The average molecular weight is 2270 g/mol. The van der Waals surface area contributed by atoms with Crippen LogP contribution in [-0.4, -0.2) is 154 Å². The number of aliphatic hydroxyl groups excluding tert-OH is 1. The molecule has 12 atom stereocenters. The molecule has 10 aromatic carbocycles. The summed E-state index contributed by atoms with van der Waals surface area (Å²) in [6.07, 6.45) is 1.82. The van der Waals surface area contributed by atoms with Gasteiger partial charge in [0.05, 0.1) is 56.5 Å². The van der Waals surface area contributed by atoms with E-state index in [0.717, 1.165) is 105 Å². The highest BCUT2D eigenvalue weighted by atomic mass is 79.9. The van der Waals surface area contributed by atoms with Crippen LogP contribution in [-0.2, 0) is 32.1 Å². The molecule has 0 spiro atoms. The Hall–Kier alpha value is -8.99. The quantitative estimate of drug-likeness (QED) is 0.0424. The smallest absolute Gasteiger partial charge is 0.260 e. The summed E-state index contributed by atoms with van der Waals surface area (Å²) in [5.74, 6) is -13.1. The largest absolute Gasteiger partial charge is 0.393 e. The molecule has 0 saturated carbocycles. The van der Waals surface area contributed by atoms with E-state index in [4.69, 9.17) is 0 Å². The van der Waals surface area contributed by atoms with Crippen molar-refractivity contribution in [3.05, 3.63) is 347 Å². The number of H-pyrrole nitrogens is 5. The lowest BCUT2D eigenvalue weighted by Gasteiger charge is -2.43. The Morgan fingerprint density at radius 1 is 0.326 bits per heavy atom. The third kappa shape index (κ3) is 22.0. The molecule has 0 fully saturated rings. The zero-order chi connectivity index (χ0) is 101. The van der Waals surface area contributed by atoms with E-state index < -0.39 is 114 Å². The fourth-order valence-corrected chi connectivity index (χ4v) is 23.0. The zero-order valence-corrected chi connectivity index (χ0v) is 87.2. The number of aromatic amines is 5. The second-order valence-electron chi connectivity index (χ2n) is 38.3. The summed E-state index contributed by atoms with van der Waals surface area (Å²) in [7, 11) is 0. The second-order valence-corrected chi connectivity index (χ2v) is 42.8. The number of aromatic nitrogens is 5. The number of benzene rings is 10. The lowest BCUT2D eigenvalue weighted by Crippen LogP contribution is -2.50. The lowest BCUT2D eigenvalue weighted by molar-refractivity contribution is -0.0553. The number of fused-ring (bicyclic) bond motifs is 15. The molecule has 20 rings (SSSR count). The first-order chi connectivity index (χ1) is 67.0. The van der Waals surface area contributed by atoms with Crippen LogP contribution in [0.1, 0.15) is 209 Å². The van der Waals surface area contributed by atoms with Gasteiger partial charge in [-0.2, -0.15) is 0 Å². The van der Waals surface area contributed by atoms with E-state index in [1.165, 1.54) is 79.1 Å². The van der Waals surface area contributed by atoms with Gasteiger partial charge in [-0.05, 0) is 204 Å². The monoisotopic (exact) mass is 2270 g/mol. The van der Waals surface area contributed by atoms with Crippen molar-refractivity contribution >= 4 is 134 Å². The molecule has 746 valence electrons. The molecule has 31 heteroatoms. The maximum atomic E-state index is 15.0. The van der Waals surface area contributed by atoms with Crippen molar-refractivity contribution < 1.29 is 71.0 Å². The van der Waals surface area contributed by atoms with Crippen LogP contribution in [0.15, 0.2) is 223 Å². The van der Waals surface area contributed by atoms with E-state index in [1.54, 1.807) is 35.8 Å². The number of rotatable bonds is 20. The van der Waals surface area contributed by atoms with Gasteiger partial charge >= 0.3 is 0 Å². The van der Waals surface area contributed by atoms with Crippen LogP contribution in [0, 0.1) is 40.7 Å². The van der Waals surface area contributed by atoms with E-state index in [1.807, 2.05) is 171 Å². The maximum Gasteiger partial charge on any atom is 0.260 e. The van der Waals surface area contributed by atoms with Crippen LogP contribution >= 0.6 is 79.6 Å². The number of halogens is 20. The van der Waals surface area contributed by atoms with Gasteiger partial charge in [0.2, 0.25) is 0 Å². The number of hydrogen-bond acceptors (Lipinski definition) is 6. The van der Waals surface area contributed by atoms with Gasteiger partial charge in [0.1, 0.15) is 52.6 Å². The number of aliphatic hydroxyl groups is 1. The van der Waals surface area contributed by atoms with Gasteiger partial charge in [0, 0.05) is 190 Å². The van der Waals surface area contributed by atoms with E-state index in [-0.39, 0.29) is 96.3 Å². The molecule has 0 bridgehead atoms. The van der Waals surface area contributed by atoms with Crippen molar-refractivity contribution in [3.63, 3.8) is 0 Å². The van der Waals surface area contributed by atoms with Gasteiger partial charge in [-0.3, -0.25) is 24.5 Å². The summed E-state index contributed by atoms with van der Waals surface area (Å²) in [5.41, 5.74) is 13.0. The van der Waals surface area contributed by atoms with Crippen molar-refractivity contribution in [2.45, 2.75) is 217 Å². The molecule has 0 amide bonds. The van der Waals surface area contributed by atoms with E-state index in [0.29, 0.717) is 62.5 Å². The minimum absolute atomic E-state index is 0.0303. The Morgan fingerprint density at radius 2 is 0.582 bits per heavy atom. The minimum atomic E-state index is -2.96. The van der Waals surface area contributed by atoms with Gasteiger partial charge in [0.15, 0.2) is 0 Å². The Labute approximate surface area is 851 Å². The number of hydrogen-bond donors (Lipinski definition) is 6. The Kier molecular flexibility index (Phi) is 31.9. The highest BCUT2D eigenvalue weighted by Crippen LogP contribution is 2.51. The molecule has 12 unspecified atom stereocenters. The topological polar surface area (TPSA) is 115 Å². The summed E-state index contributed by atoms with van der Waals surface area (Å²) in [4.78, 5) is 25.7. The van der Waals surface area contributed by atoms with Crippen molar-refractivity contribution in [3.8, 4) is 0 Å². The first kappa shape index (κ1) is 105. The number of nitrogens with one attached hydrogen (secondary N) is 5. The van der Waals surface area contributed by atoms with Crippen LogP contribution in [0.4, 0.5) is 65.9 Å². The number of alkyl halides is 8. The van der Waals surface area contributed by atoms with Gasteiger partial charge in [0.25, 0.3) is 17.8 Å². The molecule has 0 saturated heterocycles. The van der Waals surface area contributed by atoms with Crippen LogP contribution < -0.4 is 0 Å². The highest BCUT2D eigenvalue weighted by Gasteiger charge is 2.49. The Morgan fingerprint density at radius 3 is 0.879 bits per heavy atom. The molecular weight excluding hydrogens is 2160 g/mol. The van der Waals surface area contributed by atoms with Gasteiger partial charge in [-0.25, -0.2) is 65.9 Å². The molecule has 141 heavy (non-hydrogen) atoms. The van der Waals surface area contributed by atoms with Crippen molar-refractivity contribution in [1.29, 1.82) is 0 Å². The van der Waals surface area contributed by atoms with Crippen LogP contribution in [0.25, 0.3) is 54.5 Å². The molecule has 10 heterocycles. The summed E-state index contributed by atoms with van der Waals surface area (Å²) < 4.78 is 223. The van der Waals surface area contributed by atoms with Crippen LogP contribution in [0.3, 0.4) is 0 Å². The molecule has 11 nitrogen and oxygen atoms in total. The van der Waals surface area contributed by atoms with Gasteiger partial charge < -0.3 is 30.0 Å². The van der Waals surface area contributed by atoms with Crippen LogP contribution in [0.5, 0.6) is 0 Å². The van der Waals surface area contributed by atoms with Crippen molar-refractivity contribution in [1.82, 2.24) is 49.4 Å². The molecule has 0 radical (unpaired) electrons. The first-order valence-corrected chi connectivity index (χ1v) is 51.5. The minimum Gasteiger partial charge on any atom is -0.393 e. The SMILES string of the molecule is CC1Cc2c([nH]c3ccccc23)C(c2c(F)cc(Br)cc2F)N1CC(C)(F)CO.CCC(F)(F)CN1C(C)Cc2c([nH]c3ccccc23)C1c1c(F)cc(Br)cc1F.CCC(F)(F)CN1C(C)Cc2c([nH]c3ccccc23)C1c1ccc(Br)cc1.CCC(F)(F)CN1C(C)Cc2c([nH]c3ccccc23)C1c1ccc(Br)cc1F.CCC(F)CN1C(C)Cc2c([nH]c3ccccc23)C1c1c(F)cc(Br)cc1F.